The van der Waals surface area contributed by atoms with E-state index in [9.17, 15) is 19.2 Å². The van der Waals surface area contributed by atoms with Crippen LogP contribution in [-0.4, -0.2) is 51.3 Å². The largest absolute Gasteiger partial charge is 0.466 e. The number of benzene rings is 2. The number of fused-ring (bicyclic) bond motifs is 1. The summed E-state index contributed by atoms with van der Waals surface area (Å²) in [7, 11) is 2.39. The third-order valence-electron chi connectivity index (χ3n) is 5.31. The maximum atomic E-state index is 13.1. The lowest BCUT2D eigenvalue weighted by atomic mass is 10.1. The minimum absolute atomic E-state index is 0.00483. The number of carbonyl (C=O) groups is 4. The van der Waals surface area contributed by atoms with Crippen LogP contribution < -0.4 is 9.80 Å². The topological polar surface area (TPSA) is 102 Å². The Labute approximate surface area is 183 Å². The van der Waals surface area contributed by atoms with E-state index in [-0.39, 0.29) is 35.7 Å². The molecule has 0 fully saturated rings. The van der Waals surface area contributed by atoms with E-state index in [0.29, 0.717) is 11.4 Å². The van der Waals surface area contributed by atoms with Crippen LogP contribution in [-0.2, 0) is 23.8 Å². The number of imide groups is 1. The minimum atomic E-state index is -0.752. The van der Waals surface area contributed by atoms with Gasteiger partial charge in [-0.2, -0.15) is 0 Å². The normalized spacial score (nSPS) is 15.7. The van der Waals surface area contributed by atoms with E-state index in [1.165, 1.54) is 31.3 Å². The van der Waals surface area contributed by atoms with Gasteiger partial charge in [-0.25, -0.2) is 14.5 Å². The van der Waals surface area contributed by atoms with Crippen molar-refractivity contribution in [3.05, 3.63) is 70.4 Å². The third kappa shape index (κ3) is 3.42. The van der Waals surface area contributed by atoms with Gasteiger partial charge in [-0.1, -0.05) is 17.7 Å². The third-order valence-corrected chi connectivity index (χ3v) is 5.31. The fraction of sp³-hybridized carbons (Fsp3) is 0.217. The average molecular weight is 436 g/mol. The molecule has 0 spiro atoms. The molecule has 2 aromatic rings. The van der Waals surface area contributed by atoms with E-state index < -0.39 is 23.8 Å². The molecule has 9 heteroatoms. The molecule has 2 heterocycles. The molecule has 2 aliphatic heterocycles. The van der Waals surface area contributed by atoms with Crippen LogP contribution in [0.5, 0.6) is 0 Å². The van der Waals surface area contributed by atoms with Crippen molar-refractivity contribution < 1.29 is 33.4 Å². The molecule has 2 aromatic carbocycles. The lowest BCUT2D eigenvalue weighted by Crippen LogP contribution is -2.38. The van der Waals surface area contributed by atoms with Gasteiger partial charge in [-0.3, -0.25) is 9.59 Å². The highest BCUT2D eigenvalue weighted by molar-refractivity contribution is 6.34. The number of carbonyl (C=O) groups excluding carboxylic acids is 4. The standard InChI is InChI=1S/C23H20N2O7/c1-13-4-6-14(7-5-13)25-20(26)16-9-8-15(10-17(16)21(25)27)24-12-32-11-18(22(28)30-2)19(24)23(29)31-3/h4-10H,11-12H2,1-3H3. The summed E-state index contributed by atoms with van der Waals surface area (Å²) in [5.41, 5.74) is 2.23. The molecule has 0 radical (unpaired) electrons. The van der Waals surface area contributed by atoms with Gasteiger partial charge in [0, 0.05) is 5.69 Å². The highest BCUT2D eigenvalue weighted by Gasteiger charge is 2.38. The molecule has 0 N–H and O–H groups in total. The molecule has 2 amide bonds. The minimum Gasteiger partial charge on any atom is -0.466 e. The highest BCUT2D eigenvalue weighted by Crippen LogP contribution is 2.33. The highest BCUT2D eigenvalue weighted by atomic mass is 16.5. The van der Waals surface area contributed by atoms with Crippen molar-refractivity contribution in [3.63, 3.8) is 0 Å². The van der Waals surface area contributed by atoms with Gasteiger partial charge in [-0.15, -0.1) is 0 Å². The van der Waals surface area contributed by atoms with Crippen molar-refractivity contribution in [1.82, 2.24) is 0 Å². The van der Waals surface area contributed by atoms with Crippen molar-refractivity contribution >= 4 is 35.1 Å². The van der Waals surface area contributed by atoms with Crippen LogP contribution in [0.4, 0.5) is 11.4 Å². The van der Waals surface area contributed by atoms with Crippen LogP contribution in [0.15, 0.2) is 53.7 Å². The van der Waals surface area contributed by atoms with Gasteiger partial charge in [0.15, 0.2) is 0 Å². The molecule has 0 atom stereocenters. The molecule has 9 nitrogen and oxygen atoms in total. The van der Waals surface area contributed by atoms with E-state index in [2.05, 4.69) is 0 Å². The quantitative estimate of drug-likeness (QED) is 0.531. The van der Waals surface area contributed by atoms with Gasteiger partial charge in [0.05, 0.1) is 43.2 Å². The zero-order chi connectivity index (χ0) is 23.0. The van der Waals surface area contributed by atoms with Crippen molar-refractivity contribution in [2.24, 2.45) is 0 Å². The van der Waals surface area contributed by atoms with Crippen LogP contribution >= 0.6 is 0 Å². The number of hydrogen-bond donors (Lipinski definition) is 0. The predicted octanol–water partition coefficient (Wildman–Crippen LogP) is 2.19. The first-order chi connectivity index (χ1) is 15.4. The molecular formula is C23H20N2O7. The van der Waals surface area contributed by atoms with Gasteiger partial charge < -0.3 is 19.1 Å². The maximum Gasteiger partial charge on any atom is 0.355 e. The number of ether oxygens (including phenoxy) is 3. The summed E-state index contributed by atoms with van der Waals surface area (Å²) in [6, 6.07) is 11.6. The summed E-state index contributed by atoms with van der Waals surface area (Å²) >= 11 is 0. The number of hydrogen-bond acceptors (Lipinski definition) is 8. The van der Waals surface area contributed by atoms with E-state index in [1.54, 1.807) is 18.2 Å². The van der Waals surface area contributed by atoms with Gasteiger partial charge in [0.1, 0.15) is 12.4 Å². The second-order valence-corrected chi connectivity index (χ2v) is 7.23. The number of aryl methyl sites for hydroxylation is 1. The Kier molecular flexibility index (Phi) is 5.50. The number of anilines is 2. The van der Waals surface area contributed by atoms with E-state index in [4.69, 9.17) is 14.2 Å². The Bertz CT molecular complexity index is 1170. The summed E-state index contributed by atoms with van der Waals surface area (Å²) in [5.74, 6) is -2.40. The fourth-order valence-corrected chi connectivity index (χ4v) is 3.67. The molecule has 0 bridgehead atoms. The van der Waals surface area contributed by atoms with Crippen molar-refractivity contribution in [3.8, 4) is 0 Å². The fourth-order valence-electron chi connectivity index (χ4n) is 3.67. The second kappa shape index (κ2) is 8.27. The van der Waals surface area contributed by atoms with Gasteiger partial charge >= 0.3 is 11.9 Å². The van der Waals surface area contributed by atoms with E-state index in [0.717, 1.165) is 10.5 Å². The van der Waals surface area contributed by atoms with Crippen molar-refractivity contribution in [2.45, 2.75) is 6.92 Å². The summed E-state index contributed by atoms with van der Waals surface area (Å²) in [6.45, 7) is 1.72. The number of amides is 2. The zero-order valence-electron chi connectivity index (χ0n) is 17.7. The first-order valence-corrected chi connectivity index (χ1v) is 9.72. The monoisotopic (exact) mass is 436 g/mol. The lowest BCUT2D eigenvalue weighted by molar-refractivity contribution is -0.140. The molecule has 0 aromatic heterocycles. The summed E-state index contributed by atoms with van der Waals surface area (Å²) in [4.78, 5) is 53.2. The number of nitrogens with zero attached hydrogens (tertiary/aromatic N) is 2. The van der Waals surface area contributed by atoms with Crippen LogP contribution in [0.1, 0.15) is 26.3 Å². The van der Waals surface area contributed by atoms with Crippen LogP contribution in [0.25, 0.3) is 0 Å². The first kappa shape index (κ1) is 21.3. The summed E-state index contributed by atoms with van der Waals surface area (Å²) in [5, 5.41) is 0. The Balaban J connectivity index is 1.76. The molecule has 0 saturated carbocycles. The van der Waals surface area contributed by atoms with Crippen LogP contribution in [0, 0.1) is 6.92 Å². The predicted molar refractivity (Wildman–Crippen MR) is 113 cm³/mol. The number of esters is 2. The Hall–Kier alpha value is -3.98. The molecule has 4 rings (SSSR count). The van der Waals surface area contributed by atoms with Crippen LogP contribution in [0.3, 0.4) is 0 Å². The molecule has 2 aliphatic rings. The van der Waals surface area contributed by atoms with Crippen LogP contribution in [0.2, 0.25) is 0 Å². The van der Waals surface area contributed by atoms with E-state index >= 15 is 0 Å². The number of rotatable bonds is 4. The molecule has 0 aliphatic carbocycles. The zero-order valence-corrected chi connectivity index (χ0v) is 17.7. The Morgan fingerprint density at radius 2 is 1.50 bits per heavy atom. The average Bonchev–Trinajstić information content (AvgIpc) is 3.07. The maximum absolute atomic E-state index is 13.1. The SMILES string of the molecule is COC(=O)C1=C(C(=O)OC)N(c2ccc3c(c2)C(=O)N(c2ccc(C)cc2)C3=O)COC1. The lowest BCUT2D eigenvalue weighted by Gasteiger charge is -2.31. The summed E-state index contributed by atoms with van der Waals surface area (Å²) < 4.78 is 15.1. The Morgan fingerprint density at radius 3 is 2.16 bits per heavy atom. The van der Waals surface area contributed by atoms with Gasteiger partial charge in [-0.05, 0) is 37.3 Å². The molecule has 0 unspecified atom stereocenters. The van der Waals surface area contributed by atoms with Crippen molar-refractivity contribution in [2.75, 3.05) is 37.4 Å². The Morgan fingerprint density at radius 1 is 0.875 bits per heavy atom. The molecule has 0 saturated heterocycles. The smallest absolute Gasteiger partial charge is 0.355 e. The first-order valence-electron chi connectivity index (χ1n) is 9.72. The molecular weight excluding hydrogens is 416 g/mol. The molecule has 164 valence electrons. The second-order valence-electron chi connectivity index (χ2n) is 7.23. The molecule has 32 heavy (non-hydrogen) atoms. The van der Waals surface area contributed by atoms with Crippen molar-refractivity contribution in [1.29, 1.82) is 0 Å². The van der Waals surface area contributed by atoms with Gasteiger partial charge in [0.25, 0.3) is 11.8 Å². The van der Waals surface area contributed by atoms with E-state index in [1.807, 2.05) is 19.1 Å². The summed E-state index contributed by atoms with van der Waals surface area (Å²) in [6.07, 6.45) is 0. The number of methoxy groups -OCH3 is 2. The van der Waals surface area contributed by atoms with Gasteiger partial charge in [0.2, 0.25) is 0 Å².